The van der Waals surface area contributed by atoms with Gasteiger partial charge in [-0.3, -0.25) is 9.59 Å². The van der Waals surface area contributed by atoms with Crippen LogP contribution in [-0.2, 0) is 16.6 Å². The summed E-state index contributed by atoms with van der Waals surface area (Å²) < 4.78 is 21.0. The number of nitrogens with zero attached hydrogens (tertiary/aromatic N) is 4. The monoisotopic (exact) mass is 498 g/mol. The fourth-order valence-corrected chi connectivity index (χ4v) is 4.44. The van der Waals surface area contributed by atoms with Crippen LogP contribution >= 0.6 is 11.8 Å². The second-order valence-electron chi connectivity index (χ2n) is 8.06. The number of rotatable bonds is 8. The summed E-state index contributed by atoms with van der Waals surface area (Å²) in [7, 11) is 1.76. The molecule has 11 heteroatoms. The molecule has 2 amide bonds. The zero-order chi connectivity index (χ0) is 24.8. The second-order valence-corrected chi connectivity index (χ2v) is 9.00. The summed E-state index contributed by atoms with van der Waals surface area (Å²) in [5.74, 6) is -0.650. The van der Waals surface area contributed by atoms with Gasteiger partial charge in [0.2, 0.25) is 5.91 Å². The van der Waals surface area contributed by atoms with E-state index in [9.17, 15) is 14.0 Å². The number of anilines is 2. The third-order valence-corrected chi connectivity index (χ3v) is 6.60. The lowest BCUT2D eigenvalue weighted by molar-refractivity contribution is -0.113. The Labute approximate surface area is 207 Å². The van der Waals surface area contributed by atoms with E-state index in [2.05, 4.69) is 25.7 Å². The van der Waals surface area contributed by atoms with Gasteiger partial charge in [0.15, 0.2) is 11.0 Å². The predicted molar refractivity (Wildman–Crippen MR) is 132 cm³/mol. The van der Waals surface area contributed by atoms with E-state index in [4.69, 9.17) is 4.74 Å². The molecular weight excluding hydrogens is 471 g/mol. The van der Waals surface area contributed by atoms with Gasteiger partial charge in [0.25, 0.3) is 5.91 Å². The lowest BCUT2D eigenvalue weighted by Crippen LogP contribution is -2.36. The lowest BCUT2D eigenvalue weighted by Gasteiger charge is -2.28. The summed E-state index contributed by atoms with van der Waals surface area (Å²) in [6, 6.07) is 13.0. The van der Waals surface area contributed by atoms with Crippen LogP contribution in [0.4, 0.5) is 15.8 Å². The number of aromatic nitrogens is 3. The number of ether oxygens (including phenoxy) is 1. The highest BCUT2D eigenvalue weighted by molar-refractivity contribution is 7.99. The lowest BCUT2D eigenvalue weighted by atomic mass is 10.2. The Morgan fingerprint density at radius 2 is 1.83 bits per heavy atom. The van der Waals surface area contributed by atoms with Crippen LogP contribution in [0.3, 0.4) is 0 Å². The van der Waals surface area contributed by atoms with Gasteiger partial charge >= 0.3 is 0 Å². The molecule has 1 saturated heterocycles. The number of halogens is 1. The van der Waals surface area contributed by atoms with Crippen molar-refractivity contribution in [3.8, 4) is 0 Å². The summed E-state index contributed by atoms with van der Waals surface area (Å²) in [5.41, 5.74) is 1.78. The molecule has 0 bridgehead atoms. The SMILES string of the molecule is C[C@@H](NC(=O)c1ccccc1F)c1nnc(SCC(=O)Nc2ccc(N3CCOCC3)cc2)n1C. The Morgan fingerprint density at radius 3 is 2.54 bits per heavy atom. The van der Waals surface area contributed by atoms with E-state index in [0.29, 0.717) is 11.0 Å². The zero-order valence-electron chi connectivity index (χ0n) is 19.5. The molecule has 1 aliphatic heterocycles. The van der Waals surface area contributed by atoms with Crippen LogP contribution in [0, 0.1) is 5.82 Å². The maximum Gasteiger partial charge on any atom is 0.254 e. The van der Waals surface area contributed by atoms with Crippen molar-refractivity contribution in [3.05, 3.63) is 65.7 Å². The van der Waals surface area contributed by atoms with Crippen LogP contribution in [-0.4, -0.2) is 58.6 Å². The maximum atomic E-state index is 13.9. The molecule has 4 rings (SSSR count). The van der Waals surface area contributed by atoms with Crippen LogP contribution in [0.25, 0.3) is 0 Å². The molecule has 0 unspecified atom stereocenters. The average molecular weight is 499 g/mol. The Balaban J connectivity index is 1.29. The standard InChI is InChI=1S/C24H27FN6O3S/c1-16(26-23(33)19-5-3-4-6-20(19)25)22-28-29-24(30(22)2)35-15-21(32)27-17-7-9-18(10-8-17)31-11-13-34-14-12-31/h3-10,16H,11-15H2,1-2H3,(H,26,33)(H,27,32)/t16-/m1/s1. The number of amides is 2. The number of nitrogens with one attached hydrogen (secondary N) is 2. The van der Waals surface area contributed by atoms with Gasteiger partial charge in [0.05, 0.1) is 30.6 Å². The third-order valence-electron chi connectivity index (χ3n) is 5.58. The third kappa shape index (κ3) is 6.17. The van der Waals surface area contributed by atoms with Gasteiger partial charge in [-0.05, 0) is 43.3 Å². The summed E-state index contributed by atoms with van der Waals surface area (Å²) >= 11 is 1.24. The number of benzene rings is 2. The maximum absolute atomic E-state index is 13.9. The Kier molecular flexibility index (Phi) is 7.98. The fourth-order valence-electron chi connectivity index (χ4n) is 3.72. The molecule has 2 aromatic carbocycles. The van der Waals surface area contributed by atoms with Crippen molar-refractivity contribution in [1.29, 1.82) is 0 Å². The zero-order valence-corrected chi connectivity index (χ0v) is 20.3. The number of carbonyl (C=O) groups is 2. The first-order chi connectivity index (χ1) is 16.9. The molecule has 9 nitrogen and oxygen atoms in total. The number of carbonyl (C=O) groups excluding carboxylic acids is 2. The Morgan fingerprint density at radius 1 is 1.11 bits per heavy atom. The van der Waals surface area contributed by atoms with E-state index in [1.807, 2.05) is 24.3 Å². The number of hydrogen-bond donors (Lipinski definition) is 2. The van der Waals surface area contributed by atoms with E-state index in [-0.39, 0.29) is 17.2 Å². The average Bonchev–Trinajstić information content (AvgIpc) is 3.24. The highest BCUT2D eigenvalue weighted by atomic mass is 32.2. The molecule has 0 saturated carbocycles. The topological polar surface area (TPSA) is 101 Å². The van der Waals surface area contributed by atoms with Crippen molar-refractivity contribution >= 4 is 35.0 Å². The van der Waals surface area contributed by atoms with Gasteiger partial charge in [0.1, 0.15) is 5.82 Å². The van der Waals surface area contributed by atoms with Crippen LogP contribution < -0.4 is 15.5 Å². The molecule has 1 aliphatic rings. The van der Waals surface area contributed by atoms with Crippen LogP contribution in [0.15, 0.2) is 53.7 Å². The van der Waals surface area contributed by atoms with Crippen molar-refractivity contribution < 1.29 is 18.7 Å². The van der Waals surface area contributed by atoms with Gasteiger partial charge in [-0.15, -0.1) is 10.2 Å². The molecule has 184 valence electrons. The van der Waals surface area contributed by atoms with E-state index < -0.39 is 17.8 Å². The largest absolute Gasteiger partial charge is 0.378 e. The van der Waals surface area contributed by atoms with Crippen molar-refractivity contribution in [2.45, 2.75) is 18.1 Å². The Hall–Kier alpha value is -3.44. The van der Waals surface area contributed by atoms with Crippen LogP contribution in [0.2, 0.25) is 0 Å². The number of morpholine rings is 1. The minimum atomic E-state index is -0.590. The minimum absolute atomic E-state index is 0.0363. The smallest absolute Gasteiger partial charge is 0.254 e. The normalized spacial score (nSPS) is 14.4. The molecule has 1 aromatic heterocycles. The van der Waals surface area contributed by atoms with E-state index in [1.54, 1.807) is 24.6 Å². The predicted octanol–water partition coefficient (Wildman–Crippen LogP) is 3.01. The molecule has 0 spiro atoms. The Bertz CT molecular complexity index is 1180. The minimum Gasteiger partial charge on any atom is -0.378 e. The highest BCUT2D eigenvalue weighted by Crippen LogP contribution is 2.22. The van der Waals surface area contributed by atoms with Gasteiger partial charge in [0, 0.05) is 31.5 Å². The first kappa shape index (κ1) is 24.7. The molecule has 2 N–H and O–H groups in total. The molecule has 1 atom stereocenters. The second kappa shape index (κ2) is 11.3. The van der Waals surface area contributed by atoms with Crippen LogP contribution in [0.1, 0.15) is 29.1 Å². The van der Waals surface area contributed by atoms with Gasteiger partial charge in [-0.2, -0.15) is 0 Å². The van der Waals surface area contributed by atoms with Crippen molar-refractivity contribution in [2.24, 2.45) is 7.05 Å². The molecule has 0 radical (unpaired) electrons. The quantitative estimate of drug-likeness (QED) is 0.461. The first-order valence-corrected chi connectivity index (χ1v) is 12.2. The molecule has 1 fully saturated rings. The highest BCUT2D eigenvalue weighted by Gasteiger charge is 2.20. The van der Waals surface area contributed by atoms with Crippen molar-refractivity contribution in [1.82, 2.24) is 20.1 Å². The molecule has 3 aromatic rings. The van der Waals surface area contributed by atoms with Gasteiger partial charge in [-0.1, -0.05) is 23.9 Å². The summed E-state index contributed by atoms with van der Waals surface area (Å²) in [6.07, 6.45) is 0. The number of thioether (sulfide) groups is 1. The molecule has 35 heavy (non-hydrogen) atoms. The summed E-state index contributed by atoms with van der Waals surface area (Å²) in [4.78, 5) is 27.1. The summed E-state index contributed by atoms with van der Waals surface area (Å²) in [6.45, 7) is 4.89. The van der Waals surface area contributed by atoms with Crippen molar-refractivity contribution in [2.75, 3.05) is 42.3 Å². The molecule has 0 aliphatic carbocycles. The molecular formula is C24H27FN6O3S. The van der Waals surface area contributed by atoms with Gasteiger partial charge < -0.3 is 24.8 Å². The van der Waals surface area contributed by atoms with E-state index in [1.165, 1.54) is 30.0 Å². The van der Waals surface area contributed by atoms with Crippen LogP contribution in [0.5, 0.6) is 0 Å². The van der Waals surface area contributed by atoms with Gasteiger partial charge in [-0.25, -0.2) is 4.39 Å². The van der Waals surface area contributed by atoms with E-state index in [0.717, 1.165) is 37.7 Å². The summed E-state index contributed by atoms with van der Waals surface area (Å²) in [5, 5.41) is 14.4. The number of hydrogen-bond acceptors (Lipinski definition) is 7. The van der Waals surface area contributed by atoms with Crippen molar-refractivity contribution in [3.63, 3.8) is 0 Å². The fraction of sp³-hybridized carbons (Fsp3) is 0.333. The molecule has 2 heterocycles. The van der Waals surface area contributed by atoms with E-state index >= 15 is 0 Å². The first-order valence-electron chi connectivity index (χ1n) is 11.2.